The second-order valence-corrected chi connectivity index (χ2v) is 6.59. The molecule has 1 aromatic carbocycles. The third-order valence-corrected chi connectivity index (χ3v) is 4.57. The summed E-state index contributed by atoms with van der Waals surface area (Å²) in [5.74, 6) is 6.41. The van der Waals surface area contributed by atoms with E-state index in [1.54, 1.807) is 30.6 Å². The molecule has 0 spiro atoms. The lowest BCUT2D eigenvalue weighted by atomic mass is 10.2. The van der Waals surface area contributed by atoms with Gasteiger partial charge in [0.05, 0.1) is 16.5 Å². The average molecular weight is 375 g/mol. The third-order valence-electron chi connectivity index (χ3n) is 3.32. The van der Waals surface area contributed by atoms with Crippen LogP contribution in [0.1, 0.15) is 5.56 Å². The maximum absolute atomic E-state index is 12.1. The number of aromatic nitrogens is 4. The first-order chi connectivity index (χ1) is 12.0. The molecule has 0 unspecified atom stereocenters. The van der Waals surface area contributed by atoms with E-state index in [4.69, 9.17) is 17.4 Å². The predicted molar refractivity (Wildman–Crippen MR) is 98.9 cm³/mol. The Morgan fingerprint density at radius 1 is 1.36 bits per heavy atom. The van der Waals surface area contributed by atoms with Gasteiger partial charge in [0, 0.05) is 18.0 Å². The predicted octanol–water partition coefficient (Wildman–Crippen LogP) is 2.75. The Labute approximate surface area is 153 Å². The monoisotopic (exact) mass is 374 g/mol. The average Bonchev–Trinajstić information content (AvgIpc) is 2.97. The molecule has 2 heterocycles. The van der Waals surface area contributed by atoms with Gasteiger partial charge in [0.1, 0.15) is 0 Å². The van der Waals surface area contributed by atoms with Crippen LogP contribution in [0.25, 0.3) is 11.4 Å². The maximum Gasteiger partial charge on any atom is 0.234 e. The Kier molecular flexibility index (Phi) is 5.20. The second kappa shape index (κ2) is 7.54. The van der Waals surface area contributed by atoms with Crippen LogP contribution in [0.4, 0.5) is 5.69 Å². The van der Waals surface area contributed by atoms with Gasteiger partial charge in [0.15, 0.2) is 5.82 Å². The fourth-order valence-corrected chi connectivity index (χ4v) is 3.04. The van der Waals surface area contributed by atoms with E-state index in [9.17, 15) is 4.79 Å². The lowest BCUT2D eigenvalue weighted by Gasteiger charge is -2.07. The van der Waals surface area contributed by atoms with E-state index in [0.29, 0.717) is 21.7 Å². The van der Waals surface area contributed by atoms with Gasteiger partial charge in [-0.3, -0.25) is 9.78 Å². The summed E-state index contributed by atoms with van der Waals surface area (Å²) >= 11 is 7.30. The van der Waals surface area contributed by atoms with E-state index in [1.807, 2.05) is 19.1 Å². The van der Waals surface area contributed by atoms with Gasteiger partial charge >= 0.3 is 0 Å². The molecule has 7 nitrogen and oxygen atoms in total. The number of nitrogens with two attached hydrogens (primary N) is 1. The first-order valence-corrected chi connectivity index (χ1v) is 8.70. The van der Waals surface area contributed by atoms with E-state index in [-0.39, 0.29) is 11.7 Å². The van der Waals surface area contributed by atoms with Crippen molar-refractivity contribution in [2.75, 3.05) is 16.9 Å². The molecule has 25 heavy (non-hydrogen) atoms. The Bertz CT molecular complexity index is 899. The van der Waals surface area contributed by atoms with Gasteiger partial charge in [-0.25, -0.2) is 4.68 Å². The molecule has 0 aliphatic rings. The fourth-order valence-electron chi connectivity index (χ4n) is 2.11. The van der Waals surface area contributed by atoms with Crippen LogP contribution in [-0.2, 0) is 4.79 Å². The van der Waals surface area contributed by atoms with Crippen LogP contribution >= 0.6 is 23.4 Å². The highest BCUT2D eigenvalue weighted by molar-refractivity contribution is 7.99. The minimum Gasteiger partial charge on any atom is -0.335 e. The normalized spacial score (nSPS) is 10.6. The van der Waals surface area contributed by atoms with Crippen molar-refractivity contribution in [3.63, 3.8) is 0 Å². The highest BCUT2D eigenvalue weighted by atomic mass is 35.5. The van der Waals surface area contributed by atoms with Gasteiger partial charge < -0.3 is 11.2 Å². The molecule has 3 N–H and O–H groups in total. The molecule has 3 aromatic rings. The van der Waals surface area contributed by atoms with Crippen LogP contribution in [0, 0.1) is 6.92 Å². The number of nitrogens with one attached hydrogen (secondary N) is 1. The molecule has 2 aromatic heterocycles. The van der Waals surface area contributed by atoms with Crippen LogP contribution in [0.3, 0.4) is 0 Å². The van der Waals surface area contributed by atoms with Gasteiger partial charge in [-0.15, -0.1) is 10.2 Å². The molecule has 3 rings (SSSR count). The summed E-state index contributed by atoms with van der Waals surface area (Å²) in [6.07, 6.45) is 3.31. The molecule has 0 fully saturated rings. The molecule has 1 amide bonds. The number of anilines is 1. The number of nitrogens with zero attached hydrogens (tertiary/aromatic N) is 4. The summed E-state index contributed by atoms with van der Waals surface area (Å²) in [4.78, 5) is 16.1. The third kappa shape index (κ3) is 4.09. The number of benzene rings is 1. The van der Waals surface area contributed by atoms with E-state index < -0.39 is 0 Å². The van der Waals surface area contributed by atoms with Crippen LogP contribution in [0.2, 0.25) is 5.02 Å². The summed E-state index contributed by atoms with van der Waals surface area (Å²) in [5.41, 5.74) is 2.35. The number of rotatable bonds is 5. The largest absolute Gasteiger partial charge is 0.335 e. The number of pyridine rings is 1. The molecular formula is C16H15ClN6OS. The Hall–Kier alpha value is -2.58. The number of halogens is 1. The zero-order valence-electron chi connectivity index (χ0n) is 13.3. The van der Waals surface area contributed by atoms with Crippen LogP contribution < -0.4 is 11.2 Å². The van der Waals surface area contributed by atoms with Crippen LogP contribution in [0.5, 0.6) is 0 Å². The van der Waals surface area contributed by atoms with Crippen molar-refractivity contribution in [1.29, 1.82) is 0 Å². The highest BCUT2D eigenvalue weighted by Crippen LogP contribution is 2.24. The smallest absolute Gasteiger partial charge is 0.234 e. The molecule has 0 bridgehead atoms. The topological polar surface area (TPSA) is 98.7 Å². The summed E-state index contributed by atoms with van der Waals surface area (Å²) < 4.78 is 1.34. The number of carbonyl (C=O) groups is 1. The number of hydrogen-bond donors (Lipinski definition) is 2. The van der Waals surface area contributed by atoms with Crippen molar-refractivity contribution in [1.82, 2.24) is 19.9 Å². The van der Waals surface area contributed by atoms with E-state index in [2.05, 4.69) is 20.5 Å². The molecule has 0 saturated carbocycles. The minimum atomic E-state index is -0.207. The zero-order valence-corrected chi connectivity index (χ0v) is 14.9. The second-order valence-electron chi connectivity index (χ2n) is 5.24. The number of hydrogen-bond acceptors (Lipinski definition) is 6. The SMILES string of the molecule is Cc1ccc(NC(=O)CSc2nnc(-c3cccnc3)n2N)c(Cl)c1. The summed E-state index contributed by atoms with van der Waals surface area (Å²) in [6, 6.07) is 9.06. The molecule has 128 valence electrons. The molecule has 0 atom stereocenters. The van der Waals surface area contributed by atoms with Crippen molar-refractivity contribution in [2.24, 2.45) is 0 Å². The summed E-state index contributed by atoms with van der Waals surface area (Å²) in [6.45, 7) is 1.93. The Balaban J connectivity index is 1.64. The van der Waals surface area contributed by atoms with Gasteiger partial charge in [-0.2, -0.15) is 0 Å². The Morgan fingerprint density at radius 3 is 2.92 bits per heavy atom. The molecular weight excluding hydrogens is 360 g/mol. The molecule has 0 aliphatic heterocycles. The number of thioether (sulfide) groups is 1. The van der Waals surface area contributed by atoms with Gasteiger partial charge in [0.2, 0.25) is 11.1 Å². The molecule has 0 aliphatic carbocycles. The lowest BCUT2D eigenvalue weighted by Crippen LogP contribution is -2.16. The van der Waals surface area contributed by atoms with Crippen LogP contribution in [0.15, 0.2) is 47.9 Å². The quantitative estimate of drug-likeness (QED) is 0.526. The van der Waals surface area contributed by atoms with E-state index in [0.717, 1.165) is 11.1 Å². The van der Waals surface area contributed by atoms with Gasteiger partial charge in [-0.05, 0) is 36.8 Å². The van der Waals surface area contributed by atoms with Gasteiger partial charge in [0.25, 0.3) is 0 Å². The first kappa shape index (κ1) is 17.2. The molecule has 0 radical (unpaired) electrons. The molecule has 0 saturated heterocycles. The molecule has 9 heteroatoms. The Morgan fingerprint density at radius 2 is 2.20 bits per heavy atom. The van der Waals surface area contributed by atoms with Crippen molar-refractivity contribution < 1.29 is 4.79 Å². The standard InChI is InChI=1S/C16H15ClN6OS/c1-10-4-5-13(12(17)7-10)20-14(24)9-25-16-22-21-15(23(16)18)11-3-2-6-19-8-11/h2-8H,9,18H2,1H3,(H,20,24). The van der Waals surface area contributed by atoms with E-state index >= 15 is 0 Å². The maximum atomic E-state index is 12.1. The van der Waals surface area contributed by atoms with Crippen molar-refractivity contribution >= 4 is 35.0 Å². The number of amides is 1. The van der Waals surface area contributed by atoms with Crippen molar-refractivity contribution in [3.8, 4) is 11.4 Å². The highest BCUT2D eigenvalue weighted by Gasteiger charge is 2.14. The minimum absolute atomic E-state index is 0.132. The number of carbonyl (C=O) groups excluding carboxylic acids is 1. The van der Waals surface area contributed by atoms with Crippen molar-refractivity contribution in [2.45, 2.75) is 12.1 Å². The zero-order chi connectivity index (χ0) is 17.8. The van der Waals surface area contributed by atoms with E-state index in [1.165, 1.54) is 16.4 Å². The summed E-state index contributed by atoms with van der Waals surface area (Å²) in [5, 5.41) is 11.8. The summed E-state index contributed by atoms with van der Waals surface area (Å²) in [7, 11) is 0. The van der Waals surface area contributed by atoms with Crippen molar-refractivity contribution in [3.05, 3.63) is 53.3 Å². The first-order valence-electron chi connectivity index (χ1n) is 7.34. The van der Waals surface area contributed by atoms with Crippen LogP contribution in [-0.4, -0.2) is 31.5 Å². The van der Waals surface area contributed by atoms with Gasteiger partial charge in [-0.1, -0.05) is 29.4 Å². The lowest BCUT2D eigenvalue weighted by molar-refractivity contribution is -0.113. The fraction of sp³-hybridized carbons (Fsp3) is 0.125. The number of aryl methyl sites for hydroxylation is 1. The number of nitrogen functional groups attached to an aromatic ring is 1.